The summed E-state index contributed by atoms with van der Waals surface area (Å²) in [6.07, 6.45) is 2.05. The first-order valence-corrected chi connectivity index (χ1v) is 4.56. The third-order valence-corrected chi connectivity index (χ3v) is 1.76. The molecule has 1 aromatic rings. The van der Waals surface area contributed by atoms with Crippen molar-refractivity contribution in [2.45, 2.75) is 13.3 Å². The molecule has 12 heavy (non-hydrogen) atoms. The lowest BCUT2D eigenvalue weighted by atomic mass is 10.5. The molecule has 0 aliphatic rings. The Bertz CT molecular complexity index is 236. The van der Waals surface area contributed by atoms with Crippen LogP contribution in [-0.2, 0) is 0 Å². The summed E-state index contributed by atoms with van der Waals surface area (Å²) in [5.74, 6) is 0. The van der Waals surface area contributed by atoms with Crippen LogP contribution in [-0.4, -0.2) is 17.6 Å². The van der Waals surface area contributed by atoms with Crippen molar-refractivity contribution < 1.29 is 9.53 Å². The second-order valence-corrected chi connectivity index (χ2v) is 2.97. The number of rotatable bonds is 3. The number of hydrogen-bond acceptors (Lipinski definition) is 4. The highest BCUT2D eigenvalue weighted by molar-refractivity contribution is 7.11. The Morgan fingerprint density at radius 2 is 2.67 bits per heavy atom. The first-order chi connectivity index (χ1) is 5.83. The van der Waals surface area contributed by atoms with Crippen molar-refractivity contribution in [3.8, 4) is 5.19 Å². The van der Waals surface area contributed by atoms with Crippen molar-refractivity contribution in [2.75, 3.05) is 6.54 Å². The molecule has 1 amide bonds. The summed E-state index contributed by atoms with van der Waals surface area (Å²) in [4.78, 5) is 14.7. The minimum atomic E-state index is -0.438. The Kier molecular flexibility index (Phi) is 3.53. The normalized spacial score (nSPS) is 9.42. The van der Waals surface area contributed by atoms with Crippen LogP contribution in [0.5, 0.6) is 5.19 Å². The van der Waals surface area contributed by atoms with Crippen molar-refractivity contribution in [1.82, 2.24) is 10.3 Å². The summed E-state index contributed by atoms with van der Waals surface area (Å²) in [5.41, 5.74) is 0. The molecule has 0 bridgehead atoms. The van der Waals surface area contributed by atoms with Crippen LogP contribution in [0.25, 0.3) is 0 Å². The average molecular weight is 186 g/mol. The average Bonchev–Trinajstić information content (AvgIpc) is 2.53. The van der Waals surface area contributed by atoms with Gasteiger partial charge in [0.05, 0.1) is 0 Å². The van der Waals surface area contributed by atoms with E-state index in [2.05, 4.69) is 10.3 Å². The number of thiazole rings is 1. The zero-order valence-electron chi connectivity index (χ0n) is 6.74. The number of hydrogen-bond donors (Lipinski definition) is 1. The molecule has 1 N–H and O–H groups in total. The van der Waals surface area contributed by atoms with Crippen LogP contribution >= 0.6 is 11.3 Å². The maximum absolute atomic E-state index is 10.9. The molecule has 66 valence electrons. The molecule has 0 aromatic carbocycles. The Morgan fingerprint density at radius 1 is 1.83 bits per heavy atom. The Morgan fingerprint density at radius 3 is 3.25 bits per heavy atom. The number of nitrogens with zero attached hydrogens (tertiary/aromatic N) is 1. The van der Waals surface area contributed by atoms with Gasteiger partial charge in [0.1, 0.15) is 0 Å². The summed E-state index contributed by atoms with van der Waals surface area (Å²) >= 11 is 1.29. The van der Waals surface area contributed by atoms with Crippen LogP contribution in [0.15, 0.2) is 11.6 Å². The first kappa shape index (κ1) is 8.99. The van der Waals surface area contributed by atoms with Gasteiger partial charge in [-0.3, -0.25) is 0 Å². The highest BCUT2D eigenvalue weighted by Crippen LogP contribution is 2.12. The summed E-state index contributed by atoms with van der Waals surface area (Å²) in [5, 5.41) is 4.71. The highest BCUT2D eigenvalue weighted by atomic mass is 32.1. The lowest BCUT2D eigenvalue weighted by molar-refractivity contribution is 0.200. The fourth-order valence-corrected chi connectivity index (χ4v) is 1.09. The standard InChI is InChI=1S/C7H10N2O2S/c1-2-3-8-6(10)11-7-9-4-5-12-7/h4-5H,2-3H2,1H3,(H,8,10). The summed E-state index contributed by atoms with van der Waals surface area (Å²) in [6.45, 7) is 2.61. The van der Waals surface area contributed by atoms with Crippen LogP contribution in [0, 0.1) is 0 Å². The largest absolute Gasteiger partial charge is 0.414 e. The number of carbonyl (C=O) groups is 1. The molecule has 4 nitrogen and oxygen atoms in total. The number of aromatic nitrogens is 1. The van der Waals surface area contributed by atoms with Gasteiger partial charge in [-0.2, -0.15) is 0 Å². The highest BCUT2D eigenvalue weighted by Gasteiger charge is 2.03. The second kappa shape index (κ2) is 4.71. The van der Waals surface area contributed by atoms with Gasteiger partial charge in [0.2, 0.25) is 0 Å². The monoisotopic (exact) mass is 186 g/mol. The van der Waals surface area contributed by atoms with E-state index in [1.807, 2.05) is 6.92 Å². The van der Waals surface area contributed by atoms with Crippen LogP contribution in [0.4, 0.5) is 4.79 Å². The molecule has 0 saturated heterocycles. The summed E-state index contributed by atoms with van der Waals surface area (Å²) in [7, 11) is 0. The molecule has 0 atom stereocenters. The van der Waals surface area contributed by atoms with Gasteiger partial charge >= 0.3 is 6.09 Å². The molecule has 0 radical (unpaired) electrons. The van der Waals surface area contributed by atoms with E-state index in [9.17, 15) is 4.79 Å². The fourth-order valence-electron chi connectivity index (χ4n) is 0.603. The summed E-state index contributed by atoms with van der Waals surface area (Å²) in [6, 6.07) is 0. The van der Waals surface area contributed by atoms with Crippen LogP contribution in [0.2, 0.25) is 0 Å². The van der Waals surface area contributed by atoms with Crippen molar-refractivity contribution in [2.24, 2.45) is 0 Å². The van der Waals surface area contributed by atoms with Gasteiger partial charge in [0, 0.05) is 18.1 Å². The predicted octanol–water partition coefficient (Wildman–Crippen LogP) is 1.64. The van der Waals surface area contributed by atoms with Gasteiger partial charge in [-0.05, 0) is 6.42 Å². The van der Waals surface area contributed by atoms with Crippen molar-refractivity contribution in [1.29, 1.82) is 0 Å². The SMILES string of the molecule is CCCNC(=O)Oc1nccs1. The Hall–Kier alpha value is -1.10. The molecule has 0 saturated carbocycles. The maximum Gasteiger partial charge on any atom is 0.414 e. The molecule has 0 aliphatic carbocycles. The zero-order chi connectivity index (χ0) is 8.81. The van der Waals surface area contributed by atoms with Crippen molar-refractivity contribution in [3.05, 3.63) is 11.6 Å². The lowest BCUT2D eigenvalue weighted by Crippen LogP contribution is -2.27. The maximum atomic E-state index is 10.9. The van der Waals surface area contributed by atoms with Crippen molar-refractivity contribution in [3.63, 3.8) is 0 Å². The molecule has 1 rings (SSSR count). The first-order valence-electron chi connectivity index (χ1n) is 3.68. The molecule has 5 heteroatoms. The molecule has 0 fully saturated rings. The van der Waals surface area contributed by atoms with Crippen LogP contribution in [0.1, 0.15) is 13.3 Å². The summed E-state index contributed by atoms with van der Waals surface area (Å²) < 4.78 is 4.81. The molecule has 0 aliphatic heterocycles. The third kappa shape index (κ3) is 2.87. The van der Waals surface area contributed by atoms with E-state index in [1.54, 1.807) is 11.6 Å². The predicted molar refractivity (Wildman–Crippen MR) is 46.4 cm³/mol. The van der Waals surface area contributed by atoms with Gasteiger partial charge in [-0.25, -0.2) is 9.78 Å². The van der Waals surface area contributed by atoms with E-state index in [1.165, 1.54) is 11.3 Å². The van der Waals surface area contributed by atoms with Gasteiger partial charge in [0.15, 0.2) is 0 Å². The fraction of sp³-hybridized carbons (Fsp3) is 0.429. The molecule has 0 unspecified atom stereocenters. The minimum Gasteiger partial charge on any atom is -0.381 e. The van der Waals surface area contributed by atoms with Gasteiger partial charge < -0.3 is 10.1 Å². The van der Waals surface area contributed by atoms with Crippen LogP contribution in [0.3, 0.4) is 0 Å². The van der Waals surface area contributed by atoms with Gasteiger partial charge in [-0.15, -0.1) is 0 Å². The van der Waals surface area contributed by atoms with E-state index < -0.39 is 6.09 Å². The van der Waals surface area contributed by atoms with E-state index in [0.29, 0.717) is 11.7 Å². The third-order valence-electron chi connectivity index (χ3n) is 1.11. The minimum absolute atomic E-state index is 0.378. The zero-order valence-corrected chi connectivity index (χ0v) is 7.56. The molecular weight excluding hydrogens is 176 g/mol. The second-order valence-electron chi connectivity index (χ2n) is 2.11. The van der Waals surface area contributed by atoms with Crippen molar-refractivity contribution >= 4 is 17.4 Å². The Balaban J connectivity index is 2.27. The van der Waals surface area contributed by atoms with Gasteiger partial charge in [-0.1, -0.05) is 18.3 Å². The Labute approximate surface area is 74.6 Å². The molecule has 1 heterocycles. The van der Waals surface area contributed by atoms with E-state index in [-0.39, 0.29) is 0 Å². The van der Waals surface area contributed by atoms with Crippen LogP contribution < -0.4 is 10.1 Å². The number of ether oxygens (including phenoxy) is 1. The topological polar surface area (TPSA) is 51.2 Å². The lowest BCUT2D eigenvalue weighted by Gasteiger charge is -2.00. The molecule has 0 spiro atoms. The van der Waals surface area contributed by atoms with E-state index in [4.69, 9.17) is 4.74 Å². The van der Waals surface area contributed by atoms with E-state index in [0.717, 1.165) is 6.42 Å². The quantitative estimate of drug-likeness (QED) is 0.780. The van der Waals surface area contributed by atoms with Gasteiger partial charge in [0.25, 0.3) is 5.19 Å². The number of amides is 1. The smallest absolute Gasteiger partial charge is 0.381 e. The van der Waals surface area contributed by atoms with E-state index >= 15 is 0 Å². The molecule has 1 aromatic heterocycles. The molecular formula is C7H10N2O2S. The number of carbonyl (C=O) groups excluding carboxylic acids is 1. The number of nitrogens with one attached hydrogen (secondary N) is 1.